The maximum atomic E-state index is 12.1. The molecule has 4 heteroatoms. The number of rotatable bonds is 6. The predicted octanol–water partition coefficient (Wildman–Crippen LogP) is 3.57. The van der Waals surface area contributed by atoms with Gasteiger partial charge in [0, 0.05) is 0 Å². The van der Waals surface area contributed by atoms with E-state index in [1.807, 2.05) is 25.1 Å². The minimum Gasteiger partial charge on any atom is -0.493 e. The van der Waals surface area contributed by atoms with Crippen molar-refractivity contribution in [2.75, 3.05) is 13.7 Å². The first-order valence-corrected chi connectivity index (χ1v) is 7.63. The lowest BCUT2D eigenvalue weighted by molar-refractivity contribution is -0.123. The first-order chi connectivity index (χ1) is 11.0. The van der Waals surface area contributed by atoms with E-state index in [-0.39, 0.29) is 18.6 Å². The summed E-state index contributed by atoms with van der Waals surface area (Å²) in [7, 11) is 1.57. The first-order valence-electron chi connectivity index (χ1n) is 7.63. The summed E-state index contributed by atoms with van der Waals surface area (Å²) in [6, 6.07) is 13.4. The van der Waals surface area contributed by atoms with Crippen LogP contribution in [0.2, 0.25) is 0 Å². The third kappa shape index (κ3) is 4.49. The van der Waals surface area contributed by atoms with Crippen molar-refractivity contribution < 1.29 is 14.3 Å². The number of ether oxygens (including phenoxy) is 2. The van der Waals surface area contributed by atoms with E-state index in [4.69, 9.17) is 9.47 Å². The molecule has 0 aliphatic rings. The maximum Gasteiger partial charge on any atom is 0.258 e. The summed E-state index contributed by atoms with van der Waals surface area (Å²) in [6.07, 6.45) is 0. The smallest absolute Gasteiger partial charge is 0.258 e. The zero-order valence-electron chi connectivity index (χ0n) is 14.1. The average molecular weight is 313 g/mol. The second-order valence-electron chi connectivity index (χ2n) is 5.57. The second-order valence-corrected chi connectivity index (χ2v) is 5.57. The van der Waals surface area contributed by atoms with Crippen molar-refractivity contribution in [1.29, 1.82) is 0 Å². The van der Waals surface area contributed by atoms with E-state index in [1.54, 1.807) is 19.2 Å². The van der Waals surface area contributed by atoms with Crippen LogP contribution in [0.5, 0.6) is 11.5 Å². The Morgan fingerprint density at radius 2 is 1.78 bits per heavy atom. The molecule has 0 spiro atoms. The quantitative estimate of drug-likeness (QED) is 0.887. The average Bonchev–Trinajstić information content (AvgIpc) is 2.55. The fraction of sp³-hybridized carbons (Fsp3) is 0.316. The van der Waals surface area contributed by atoms with Crippen LogP contribution in [0.3, 0.4) is 0 Å². The summed E-state index contributed by atoms with van der Waals surface area (Å²) >= 11 is 0. The zero-order chi connectivity index (χ0) is 16.8. The van der Waals surface area contributed by atoms with Gasteiger partial charge in [0.2, 0.25) is 0 Å². The molecule has 0 saturated heterocycles. The Labute approximate surface area is 137 Å². The van der Waals surface area contributed by atoms with Gasteiger partial charge in [-0.15, -0.1) is 0 Å². The van der Waals surface area contributed by atoms with Crippen LogP contribution in [0.15, 0.2) is 42.5 Å². The highest BCUT2D eigenvalue weighted by atomic mass is 16.5. The van der Waals surface area contributed by atoms with Gasteiger partial charge in [0.25, 0.3) is 5.91 Å². The Balaban J connectivity index is 1.92. The predicted molar refractivity (Wildman–Crippen MR) is 91.0 cm³/mol. The third-order valence-electron chi connectivity index (χ3n) is 3.84. The van der Waals surface area contributed by atoms with Crippen molar-refractivity contribution in [3.05, 3.63) is 59.2 Å². The zero-order valence-corrected chi connectivity index (χ0v) is 14.1. The van der Waals surface area contributed by atoms with Crippen LogP contribution in [-0.4, -0.2) is 19.6 Å². The highest BCUT2D eigenvalue weighted by Crippen LogP contribution is 2.25. The standard InChI is InChI=1S/C19H23NO3/c1-13-9-10-16(11-14(13)2)15(3)20-19(21)12-23-18-8-6-5-7-17(18)22-4/h5-11,15H,12H2,1-4H3,(H,20,21)/t15-/m1/s1. The SMILES string of the molecule is COc1ccccc1OCC(=O)N[C@H](C)c1ccc(C)c(C)c1. The molecule has 4 nitrogen and oxygen atoms in total. The van der Waals surface area contributed by atoms with Gasteiger partial charge >= 0.3 is 0 Å². The highest BCUT2D eigenvalue weighted by molar-refractivity contribution is 5.78. The van der Waals surface area contributed by atoms with E-state index in [9.17, 15) is 4.79 Å². The van der Waals surface area contributed by atoms with Crippen LogP contribution in [0, 0.1) is 13.8 Å². The molecule has 122 valence electrons. The molecule has 2 aromatic carbocycles. The third-order valence-corrected chi connectivity index (χ3v) is 3.84. The van der Waals surface area contributed by atoms with E-state index >= 15 is 0 Å². The molecule has 0 bridgehead atoms. The van der Waals surface area contributed by atoms with E-state index in [0.29, 0.717) is 11.5 Å². The summed E-state index contributed by atoms with van der Waals surface area (Å²) in [5.41, 5.74) is 3.54. The van der Waals surface area contributed by atoms with E-state index in [2.05, 4.69) is 31.3 Å². The number of nitrogens with one attached hydrogen (secondary N) is 1. The maximum absolute atomic E-state index is 12.1. The summed E-state index contributed by atoms with van der Waals surface area (Å²) in [4.78, 5) is 12.1. The van der Waals surface area contributed by atoms with Gasteiger partial charge in [-0.1, -0.05) is 30.3 Å². The van der Waals surface area contributed by atoms with Crippen LogP contribution in [0.4, 0.5) is 0 Å². The van der Waals surface area contributed by atoms with Crippen LogP contribution in [0.25, 0.3) is 0 Å². The molecule has 0 aliphatic carbocycles. The number of hydrogen-bond donors (Lipinski definition) is 1. The van der Waals surface area contributed by atoms with Gasteiger partial charge in [0.15, 0.2) is 18.1 Å². The number of para-hydroxylation sites is 2. The number of amides is 1. The van der Waals surface area contributed by atoms with Crippen molar-refractivity contribution in [3.63, 3.8) is 0 Å². The van der Waals surface area contributed by atoms with Crippen LogP contribution >= 0.6 is 0 Å². The molecule has 1 N–H and O–H groups in total. The van der Waals surface area contributed by atoms with Gasteiger partial charge in [-0.05, 0) is 49.6 Å². The van der Waals surface area contributed by atoms with Crippen LogP contribution < -0.4 is 14.8 Å². The Bertz CT molecular complexity index is 682. The van der Waals surface area contributed by atoms with Crippen molar-refractivity contribution in [3.8, 4) is 11.5 Å². The topological polar surface area (TPSA) is 47.6 Å². The molecule has 1 atom stereocenters. The Morgan fingerprint density at radius 1 is 1.09 bits per heavy atom. The van der Waals surface area contributed by atoms with Gasteiger partial charge in [-0.2, -0.15) is 0 Å². The van der Waals surface area contributed by atoms with Gasteiger partial charge < -0.3 is 14.8 Å². The van der Waals surface area contributed by atoms with Gasteiger partial charge in [-0.3, -0.25) is 4.79 Å². The molecule has 0 unspecified atom stereocenters. The second kappa shape index (κ2) is 7.68. The lowest BCUT2D eigenvalue weighted by Crippen LogP contribution is -2.31. The summed E-state index contributed by atoms with van der Waals surface area (Å²) in [5.74, 6) is 1.01. The molecule has 1 amide bonds. The molecule has 23 heavy (non-hydrogen) atoms. The van der Waals surface area contributed by atoms with Crippen molar-refractivity contribution in [2.45, 2.75) is 26.8 Å². The number of carbonyl (C=O) groups excluding carboxylic acids is 1. The van der Waals surface area contributed by atoms with Gasteiger partial charge in [0.05, 0.1) is 13.2 Å². The number of carbonyl (C=O) groups is 1. The summed E-state index contributed by atoms with van der Waals surface area (Å²) in [5, 5.41) is 2.95. The minimum atomic E-state index is -0.165. The van der Waals surface area contributed by atoms with Crippen molar-refractivity contribution in [2.24, 2.45) is 0 Å². The molecule has 0 fully saturated rings. The molecular weight excluding hydrogens is 290 g/mol. The summed E-state index contributed by atoms with van der Waals surface area (Å²) < 4.78 is 10.7. The molecule has 0 heterocycles. The molecule has 2 rings (SSSR count). The molecule has 0 aliphatic heterocycles. The molecule has 2 aromatic rings. The Morgan fingerprint density at radius 3 is 2.43 bits per heavy atom. The van der Waals surface area contributed by atoms with E-state index in [1.165, 1.54) is 11.1 Å². The number of benzene rings is 2. The lowest BCUT2D eigenvalue weighted by Gasteiger charge is -2.16. The fourth-order valence-electron chi connectivity index (χ4n) is 2.28. The highest BCUT2D eigenvalue weighted by Gasteiger charge is 2.12. The monoisotopic (exact) mass is 313 g/mol. The van der Waals surface area contributed by atoms with Crippen molar-refractivity contribution in [1.82, 2.24) is 5.32 Å². The molecular formula is C19H23NO3. The summed E-state index contributed by atoms with van der Waals surface area (Å²) in [6.45, 7) is 6.06. The normalized spacial score (nSPS) is 11.7. The van der Waals surface area contributed by atoms with Gasteiger partial charge in [0.1, 0.15) is 0 Å². The largest absolute Gasteiger partial charge is 0.493 e. The molecule has 0 radical (unpaired) electrons. The van der Waals surface area contributed by atoms with Gasteiger partial charge in [-0.25, -0.2) is 0 Å². The van der Waals surface area contributed by atoms with Crippen LogP contribution in [0.1, 0.15) is 29.7 Å². The van der Waals surface area contributed by atoms with Crippen molar-refractivity contribution >= 4 is 5.91 Å². The molecule has 0 saturated carbocycles. The number of aryl methyl sites for hydroxylation is 2. The van der Waals surface area contributed by atoms with E-state index in [0.717, 1.165) is 5.56 Å². The Kier molecular flexibility index (Phi) is 5.63. The number of hydrogen-bond acceptors (Lipinski definition) is 3. The Hall–Kier alpha value is -2.49. The molecule has 0 aromatic heterocycles. The van der Waals surface area contributed by atoms with Crippen LogP contribution in [-0.2, 0) is 4.79 Å². The lowest BCUT2D eigenvalue weighted by atomic mass is 10.0. The minimum absolute atomic E-state index is 0.0461. The fourth-order valence-corrected chi connectivity index (χ4v) is 2.28. The van der Waals surface area contributed by atoms with E-state index < -0.39 is 0 Å². The first kappa shape index (κ1) is 16.9. The number of methoxy groups -OCH3 is 1.